The zero-order valence-corrected chi connectivity index (χ0v) is 10.1. The molecule has 2 heteroatoms. The van der Waals surface area contributed by atoms with Gasteiger partial charge in [-0.05, 0) is 55.3 Å². The summed E-state index contributed by atoms with van der Waals surface area (Å²) in [7, 11) is 0. The molecule has 0 unspecified atom stereocenters. The highest BCUT2D eigenvalue weighted by molar-refractivity contribution is 9.10. The fraction of sp³-hybridized carbons (Fsp3) is 0.500. The van der Waals surface area contributed by atoms with Gasteiger partial charge in [0.2, 0.25) is 0 Å². The van der Waals surface area contributed by atoms with Crippen LogP contribution in [0.1, 0.15) is 30.4 Å². The van der Waals surface area contributed by atoms with Gasteiger partial charge in [0, 0.05) is 4.47 Å². The second kappa shape index (κ2) is 3.67. The molecule has 0 saturated heterocycles. The maximum atomic E-state index is 5.66. The number of nitrogens with two attached hydrogens (primary N) is 1. The molecule has 2 N–H and O–H groups in total. The maximum Gasteiger partial charge on any atom is 0.0215 e. The number of rotatable bonds is 3. The van der Waals surface area contributed by atoms with Gasteiger partial charge < -0.3 is 5.73 Å². The molecule has 1 nitrogen and oxygen atoms in total. The first kappa shape index (κ1) is 10.2. The van der Waals surface area contributed by atoms with Crippen LogP contribution in [0.3, 0.4) is 0 Å². The van der Waals surface area contributed by atoms with Gasteiger partial charge in [-0.3, -0.25) is 0 Å². The average Bonchev–Trinajstić information content (AvgIpc) is 2.86. The summed E-state index contributed by atoms with van der Waals surface area (Å²) in [4.78, 5) is 0. The minimum absolute atomic E-state index is 0.404. The van der Waals surface area contributed by atoms with Crippen LogP contribution in [0.15, 0.2) is 22.7 Å². The van der Waals surface area contributed by atoms with Crippen molar-refractivity contribution in [1.82, 2.24) is 0 Å². The van der Waals surface area contributed by atoms with Gasteiger partial charge in [-0.2, -0.15) is 0 Å². The van der Waals surface area contributed by atoms with Crippen LogP contribution in [0.5, 0.6) is 0 Å². The molecule has 0 atom stereocenters. The smallest absolute Gasteiger partial charge is 0.0215 e. The quantitative estimate of drug-likeness (QED) is 0.881. The van der Waals surface area contributed by atoms with E-state index in [1.165, 1.54) is 28.4 Å². The lowest BCUT2D eigenvalue weighted by atomic mass is 9.92. The Morgan fingerprint density at radius 1 is 1.43 bits per heavy atom. The molecule has 1 aliphatic carbocycles. The molecular formula is C12H16BrN. The number of benzene rings is 1. The van der Waals surface area contributed by atoms with E-state index in [-0.39, 0.29) is 0 Å². The summed E-state index contributed by atoms with van der Waals surface area (Å²) < 4.78 is 1.25. The standard InChI is InChI=1S/C12H16BrN/c1-9-2-3-10(11(13)8-9)12(4-5-12)6-7-14/h2-3,8H,4-7,14H2,1H3. The number of hydrogen-bond acceptors (Lipinski definition) is 1. The van der Waals surface area contributed by atoms with Crippen LogP contribution in [0, 0.1) is 6.92 Å². The van der Waals surface area contributed by atoms with Gasteiger partial charge in [0.25, 0.3) is 0 Å². The third-order valence-corrected chi connectivity index (χ3v) is 3.83. The zero-order valence-electron chi connectivity index (χ0n) is 8.52. The summed E-state index contributed by atoms with van der Waals surface area (Å²) in [6, 6.07) is 6.64. The van der Waals surface area contributed by atoms with Crippen LogP contribution in [0.25, 0.3) is 0 Å². The van der Waals surface area contributed by atoms with Crippen molar-refractivity contribution in [2.24, 2.45) is 5.73 Å². The van der Waals surface area contributed by atoms with Gasteiger partial charge in [-0.15, -0.1) is 0 Å². The predicted octanol–water partition coefficient (Wildman–Crippen LogP) is 3.14. The van der Waals surface area contributed by atoms with Crippen LogP contribution >= 0.6 is 15.9 Å². The Morgan fingerprint density at radius 3 is 2.64 bits per heavy atom. The molecule has 14 heavy (non-hydrogen) atoms. The molecule has 1 fully saturated rings. The van der Waals surface area contributed by atoms with Crippen molar-refractivity contribution in [3.8, 4) is 0 Å². The first-order chi connectivity index (χ1) is 6.68. The molecule has 0 bridgehead atoms. The SMILES string of the molecule is Cc1ccc(C2(CCN)CC2)c(Br)c1. The fourth-order valence-electron chi connectivity index (χ4n) is 2.13. The van der Waals surface area contributed by atoms with Crippen molar-refractivity contribution in [3.05, 3.63) is 33.8 Å². The predicted molar refractivity (Wildman–Crippen MR) is 63.5 cm³/mol. The summed E-state index contributed by atoms with van der Waals surface area (Å²) >= 11 is 3.65. The highest BCUT2D eigenvalue weighted by Crippen LogP contribution is 2.52. The average molecular weight is 254 g/mol. The van der Waals surface area contributed by atoms with Crippen molar-refractivity contribution in [2.45, 2.75) is 31.6 Å². The minimum atomic E-state index is 0.404. The van der Waals surface area contributed by atoms with Crippen molar-refractivity contribution in [1.29, 1.82) is 0 Å². The Balaban J connectivity index is 2.32. The van der Waals surface area contributed by atoms with E-state index in [0.29, 0.717) is 5.41 Å². The monoisotopic (exact) mass is 253 g/mol. The summed E-state index contributed by atoms with van der Waals surface area (Å²) in [5, 5.41) is 0. The van der Waals surface area contributed by atoms with Gasteiger partial charge >= 0.3 is 0 Å². The van der Waals surface area contributed by atoms with E-state index in [0.717, 1.165) is 13.0 Å². The lowest BCUT2D eigenvalue weighted by Crippen LogP contribution is -2.14. The normalized spacial score (nSPS) is 18.2. The van der Waals surface area contributed by atoms with Gasteiger partial charge in [-0.1, -0.05) is 28.1 Å². The molecule has 0 aromatic heterocycles. The lowest BCUT2D eigenvalue weighted by Gasteiger charge is -2.16. The molecule has 0 amide bonds. The molecule has 0 aliphatic heterocycles. The van der Waals surface area contributed by atoms with Crippen molar-refractivity contribution in [3.63, 3.8) is 0 Å². The molecule has 0 radical (unpaired) electrons. The molecule has 0 spiro atoms. The number of aryl methyl sites for hydroxylation is 1. The molecule has 1 saturated carbocycles. The lowest BCUT2D eigenvalue weighted by molar-refractivity contribution is 0.626. The fourth-order valence-corrected chi connectivity index (χ4v) is 3.05. The van der Waals surface area contributed by atoms with Crippen molar-refractivity contribution < 1.29 is 0 Å². The number of halogens is 1. The Labute approximate surface area is 93.8 Å². The van der Waals surface area contributed by atoms with Gasteiger partial charge in [-0.25, -0.2) is 0 Å². The molecule has 2 rings (SSSR count). The second-order valence-electron chi connectivity index (χ2n) is 4.30. The van der Waals surface area contributed by atoms with E-state index in [4.69, 9.17) is 5.73 Å². The van der Waals surface area contributed by atoms with E-state index >= 15 is 0 Å². The zero-order chi connectivity index (χ0) is 10.2. The Hall–Kier alpha value is -0.340. The van der Waals surface area contributed by atoms with Crippen LogP contribution in [-0.4, -0.2) is 6.54 Å². The molecule has 1 aliphatic rings. The summed E-state index contributed by atoms with van der Waals surface area (Å²) in [5.41, 5.74) is 8.82. The first-order valence-corrected chi connectivity index (χ1v) is 5.94. The number of hydrogen-bond donors (Lipinski definition) is 1. The summed E-state index contributed by atoms with van der Waals surface area (Å²) in [6.07, 6.45) is 3.71. The van der Waals surface area contributed by atoms with E-state index < -0.39 is 0 Å². The summed E-state index contributed by atoms with van der Waals surface area (Å²) in [6.45, 7) is 2.91. The van der Waals surface area contributed by atoms with Gasteiger partial charge in [0.15, 0.2) is 0 Å². The summed E-state index contributed by atoms with van der Waals surface area (Å²) in [5.74, 6) is 0. The minimum Gasteiger partial charge on any atom is -0.330 e. The Bertz CT molecular complexity index is 342. The molecule has 76 valence electrons. The van der Waals surface area contributed by atoms with E-state index in [2.05, 4.69) is 41.1 Å². The first-order valence-electron chi connectivity index (χ1n) is 5.15. The molecule has 0 heterocycles. The third-order valence-electron chi connectivity index (χ3n) is 3.17. The van der Waals surface area contributed by atoms with Crippen LogP contribution in [-0.2, 0) is 5.41 Å². The highest BCUT2D eigenvalue weighted by atomic mass is 79.9. The molecule has 1 aromatic rings. The van der Waals surface area contributed by atoms with E-state index in [9.17, 15) is 0 Å². The second-order valence-corrected chi connectivity index (χ2v) is 5.16. The molecule has 1 aromatic carbocycles. The van der Waals surface area contributed by atoms with Crippen LogP contribution in [0.4, 0.5) is 0 Å². The van der Waals surface area contributed by atoms with Gasteiger partial charge in [0.05, 0.1) is 0 Å². The van der Waals surface area contributed by atoms with E-state index in [1.807, 2.05) is 0 Å². The Kier molecular flexibility index (Phi) is 2.67. The Morgan fingerprint density at radius 2 is 2.14 bits per heavy atom. The topological polar surface area (TPSA) is 26.0 Å². The van der Waals surface area contributed by atoms with Crippen LogP contribution < -0.4 is 5.73 Å². The maximum absolute atomic E-state index is 5.66. The highest BCUT2D eigenvalue weighted by Gasteiger charge is 2.44. The van der Waals surface area contributed by atoms with E-state index in [1.54, 1.807) is 0 Å². The van der Waals surface area contributed by atoms with Crippen LogP contribution in [0.2, 0.25) is 0 Å². The largest absolute Gasteiger partial charge is 0.330 e. The van der Waals surface area contributed by atoms with Gasteiger partial charge in [0.1, 0.15) is 0 Å². The third kappa shape index (κ3) is 1.73. The van der Waals surface area contributed by atoms with Crippen molar-refractivity contribution >= 4 is 15.9 Å². The van der Waals surface area contributed by atoms with Crippen molar-refractivity contribution in [2.75, 3.05) is 6.54 Å². The molecular weight excluding hydrogens is 238 g/mol.